The second kappa shape index (κ2) is 12.6. The summed E-state index contributed by atoms with van der Waals surface area (Å²) in [5.41, 5.74) is 3.68. The Kier molecular flexibility index (Phi) is 9.05. The van der Waals surface area contributed by atoms with Gasteiger partial charge in [0.1, 0.15) is 0 Å². The topological polar surface area (TPSA) is 118 Å². The van der Waals surface area contributed by atoms with Crippen LogP contribution in [0.5, 0.6) is 0 Å². The number of aliphatic carboxylic acids is 1. The molecule has 42 heavy (non-hydrogen) atoms. The molecule has 2 aromatic carbocycles. The summed E-state index contributed by atoms with van der Waals surface area (Å²) in [6.07, 6.45) is 3.17. The molecule has 1 saturated carbocycles. The Hall–Kier alpha value is -3.21. The third-order valence-electron chi connectivity index (χ3n) is 8.82. The molecular weight excluding hydrogens is 554 g/mol. The summed E-state index contributed by atoms with van der Waals surface area (Å²) >= 11 is 0. The van der Waals surface area contributed by atoms with Crippen molar-refractivity contribution in [2.45, 2.75) is 69.4 Å². The Balaban J connectivity index is 1.24. The quantitative estimate of drug-likeness (QED) is 0.374. The summed E-state index contributed by atoms with van der Waals surface area (Å²) in [5.74, 6) is -0.391. The highest BCUT2D eigenvalue weighted by atomic mass is 32.2. The molecule has 3 aromatic rings. The van der Waals surface area contributed by atoms with Gasteiger partial charge in [0.15, 0.2) is 0 Å². The number of hydrogen-bond donors (Lipinski definition) is 2. The molecule has 2 aliphatic rings. The fourth-order valence-electron chi connectivity index (χ4n) is 6.28. The molecule has 1 aliphatic carbocycles. The molecular formula is C32H41N3O6S. The highest BCUT2D eigenvalue weighted by Crippen LogP contribution is 2.31. The van der Waals surface area contributed by atoms with Gasteiger partial charge >= 0.3 is 5.97 Å². The Morgan fingerprint density at radius 3 is 2.43 bits per heavy atom. The minimum Gasteiger partial charge on any atom is -0.481 e. The van der Waals surface area contributed by atoms with Crippen molar-refractivity contribution >= 4 is 32.8 Å². The Labute approximate surface area is 247 Å². The number of fused-ring (bicyclic) bond motifs is 1. The van der Waals surface area contributed by atoms with E-state index < -0.39 is 16.0 Å². The number of nitrogens with zero attached hydrogens (tertiary/aromatic N) is 2. The van der Waals surface area contributed by atoms with E-state index in [0.29, 0.717) is 57.8 Å². The second-order valence-electron chi connectivity index (χ2n) is 12.0. The van der Waals surface area contributed by atoms with E-state index in [9.17, 15) is 18.0 Å². The van der Waals surface area contributed by atoms with Crippen molar-refractivity contribution in [2.24, 2.45) is 18.9 Å². The van der Waals surface area contributed by atoms with Crippen LogP contribution in [0.4, 0.5) is 0 Å². The third-order valence-corrected chi connectivity index (χ3v) is 10.3. The summed E-state index contributed by atoms with van der Waals surface area (Å²) in [4.78, 5) is 26.4. The van der Waals surface area contributed by atoms with Gasteiger partial charge in [-0.25, -0.2) is 13.1 Å². The molecule has 2 fully saturated rings. The summed E-state index contributed by atoms with van der Waals surface area (Å²) in [7, 11) is -1.83. The molecule has 1 aliphatic heterocycles. The minimum absolute atomic E-state index is 0.0746. The minimum atomic E-state index is -3.74. The van der Waals surface area contributed by atoms with Crippen molar-refractivity contribution in [3.63, 3.8) is 0 Å². The fourth-order valence-corrected chi connectivity index (χ4v) is 7.60. The standard InChI is InChI=1S/C32H41N3O6S/c1-21(2)30-20-41-17-16-35(30)32(38)24-9-12-26(13-10-24)33-42(39,40)27-14-11-25-18-28(34(3)29(25)19-27)23-7-4-22(5-8-23)6-15-31(36)37/h4-5,7-8,11,14,18-19,21,24,26,30,33H,6,9-10,12-13,15-17,20H2,1-3H3,(H,36,37). The van der Waals surface area contributed by atoms with E-state index in [1.807, 2.05) is 52.9 Å². The summed E-state index contributed by atoms with van der Waals surface area (Å²) < 4.78 is 37.3. The van der Waals surface area contributed by atoms with Crippen molar-refractivity contribution in [1.82, 2.24) is 14.2 Å². The smallest absolute Gasteiger partial charge is 0.303 e. The number of carboxylic acids is 1. The van der Waals surface area contributed by atoms with E-state index in [0.717, 1.165) is 27.7 Å². The van der Waals surface area contributed by atoms with E-state index in [2.05, 4.69) is 18.6 Å². The molecule has 9 nitrogen and oxygen atoms in total. The van der Waals surface area contributed by atoms with Gasteiger partial charge in [0.2, 0.25) is 15.9 Å². The maximum absolute atomic E-state index is 13.4. The molecule has 1 amide bonds. The molecule has 2 N–H and O–H groups in total. The number of aromatic nitrogens is 1. The Morgan fingerprint density at radius 2 is 1.76 bits per heavy atom. The zero-order valence-corrected chi connectivity index (χ0v) is 25.4. The SMILES string of the molecule is CC(C)C1COCCN1C(=O)C1CCC(NS(=O)(=O)c2ccc3cc(-c4ccc(CCC(=O)O)cc4)n(C)c3c2)CC1. The van der Waals surface area contributed by atoms with Crippen LogP contribution in [0.3, 0.4) is 0 Å². The van der Waals surface area contributed by atoms with Crippen LogP contribution in [0.25, 0.3) is 22.2 Å². The van der Waals surface area contributed by atoms with Crippen LogP contribution < -0.4 is 4.72 Å². The van der Waals surface area contributed by atoms with E-state index in [1.165, 1.54) is 0 Å². The van der Waals surface area contributed by atoms with Gasteiger partial charge in [-0.1, -0.05) is 44.2 Å². The first-order chi connectivity index (χ1) is 20.0. The number of aryl methyl sites for hydroxylation is 2. The number of sulfonamides is 1. The molecule has 1 saturated heterocycles. The van der Waals surface area contributed by atoms with Gasteiger partial charge in [0.25, 0.3) is 0 Å². The van der Waals surface area contributed by atoms with Crippen LogP contribution in [0.2, 0.25) is 0 Å². The van der Waals surface area contributed by atoms with Crippen molar-refractivity contribution in [2.75, 3.05) is 19.8 Å². The molecule has 1 atom stereocenters. The molecule has 1 unspecified atom stereocenters. The number of nitrogens with one attached hydrogen (secondary N) is 1. The average molecular weight is 596 g/mol. The van der Waals surface area contributed by atoms with Crippen molar-refractivity contribution in [1.29, 1.82) is 0 Å². The molecule has 0 radical (unpaired) electrons. The van der Waals surface area contributed by atoms with E-state index in [4.69, 9.17) is 9.84 Å². The molecule has 5 rings (SSSR count). The predicted molar refractivity (Wildman–Crippen MR) is 162 cm³/mol. The molecule has 0 bridgehead atoms. The monoisotopic (exact) mass is 595 g/mol. The maximum atomic E-state index is 13.4. The van der Waals surface area contributed by atoms with Gasteiger partial charge in [-0.2, -0.15) is 0 Å². The average Bonchev–Trinajstić information content (AvgIpc) is 3.31. The van der Waals surface area contributed by atoms with Gasteiger partial charge in [0, 0.05) is 48.6 Å². The van der Waals surface area contributed by atoms with Crippen LogP contribution >= 0.6 is 0 Å². The van der Waals surface area contributed by atoms with Gasteiger partial charge in [0.05, 0.1) is 24.2 Å². The van der Waals surface area contributed by atoms with Crippen LogP contribution in [0, 0.1) is 11.8 Å². The fraction of sp³-hybridized carbons (Fsp3) is 0.500. The van der Waals surface area contributed by atoms with E-state index in [1.54, 1.807) is 12.1 Å². The first-order valence-corrected chi connectivity index (χ1v) is 16.3. The molecule has 2 heterocycles. The number of ether oxygens (including phenoxy) is 1. The predicted octanol–water partition coefficient (Wildman–Crippen LogP) is 4.58. The zero-order valence-electron chi connectivity index (χ0n) is 24.6. The van der Waals surface area contributed by atoms with Crippen LogP contribution in [-0.4, -0.2) is 66.7 Å². The zero-order chi connectivity index (χ0) is 30.0. The molecule has 226 valence electrons. The van der Waals surface area contributed by atoms with E-state index in [-0.39, 0.29) is 35.2 Å². The third kappa shape index (κ3) is 6.55. The van der Waals surface area contributed by atoms with Crippen molar-refractivity contribution < 1.29 is 27.9 Å². The van der Waals surface area contributed by atoms with E-state index >= 15 is 0 Å². The van der Waals surface area contributed by atoms with Crippen LogP contribution in [0.1, 0.15) is 51.5 Å². The summed E-state index contributed by atoms with van der Waals surface area (Å²) in [6, 6.07) is 14.9. The number of carboxylic acid groups (broad SMARTS) is 1. The maximum Gasteiger partial charge on any atom is 0.303 e. The Morgan fingerprint density at radius 1 is 1.05 bits per heavy atom. The lowest BCUT2D eigenvalue weighted by Crippen LogP contribution is -2.53. The lowest BCUT2D eigenvalue weighted by Gasteiger charge is -2.41. The van der Waals surface area contributed by atoms with Crippen molar-refractivity contribution in [3.8, 4) is 11.3 Å². The van der Waals surface area contributed by atoms with Crippen LogP contribution in [-0.2, 0) is 37.8 Å². The van der Waals surface area contributed by atoms with Crippen molar-refractivity contribution in [3.05, 3.63) is 54.1 Å². The van der Waals surface area contributed by atoms with Gasteiger partial charge in [-0.15, -0.1) is 0 Å². The number of hydrogen-bond acceptors (Lipinski definition) is 5. The Bertz CT molecular complexity index is 1540. The first kappa shape index (κ1) is 30.3. The molecule has 10 heteroatoms. The number of carbonyl (C=O) groups excluding carboxylic acids is 1. The summed E-state index contributed by atoms with van der Waals surface area (Å²) in [6.45, 7) is 5.99. The largest absolute Gasteiger partial charge is 0.481 e. The number of carbonyl (C=O) groups is 2. The highest BCUT2D eigenvalue weighted by Gasteiger charge is 2.36. The molecule has 0 spiro atoms. The number of benzene rings is 2. The lowest BCUT2D eigenvalue weighted by atomic mass is 9.85. The van der Waals surface area contributed by atoms with Gasteiger partial charge < -0.3 is 19.3 Å². The van der Waals surface area contributed by atoms with Gasteiger partial charge in [-0.3, -0.25) is 9.59 Å². The number of rotatable bonds is 9. The molecule has 1 aromatic heterocycles. The van der Waals surface area contributed by atoms with Crippen LogP contribution in [0.15, 0.2) is 53.4 Å². The second-order valence-corrected chi connectivity index (χ2v) is 13.7. The normalized spacial score (nSPS) is 21.6. The first-order valence-electron chi connectivity index (χ1n) is 14.8. The number of amides is 1. The van der Waals surface area contributed by atoms with Gasteiger partial charge in [-0.05, 0) is 67.3 Å². The summed E-state index contributed by atoms with van der Waals surface area (Å²) in [5, 5.41) is 9.86. The highest BCUT2D eigenvalue weighted by molar-refractivity contribution is 7.89. The lowest BCUT2D eigenvalue weighted by molar-refractivity contribution is -0.147. The number of morpholine rings is 1.